The smallest absolute Gasteiger partial charge is 0.245 e. The van der Waals surface area contributed by atoms with Crippen molar-refractivity contribution in [3.8, 4) is 0 Å². The van der Waals surface area contributed by atoms with Crippen LogP contribution in [-0.4, -0.2) is 46.8 Å². The summed E-state index contributed by atoms with van der Waals surface area (Å²) >= 11 is 1.98. The van der Waals surface area contributed by atoms with Crippen LogP contribution in [0.4, 0.5) is 0 Å². The normalized spacial score (nSPS) is 28.4. The molecule has 20 heavy (non-hydrogen) atoms. The van der Waals surface area contributed by atoms with E-state index in [1.807, 2.05) is 16.7 Å². The van der Waals surface area contributed by atoms with E-state index in [1.54, 1.807) is 0 Å². The molecule has 2 aliphatic rings. The largest absolute Gasteiger partial charge is 0.344 e. The van der Waals surface area contributed by atoms with E-state index >= 15 is 0 Å². The van der Waals surface area contributed by atoms with Crippen LogP contribution >= 0.6 is 11.8 Å². The third-order valence-corrected chi connectivity index (χ3v) is 5.34. The molecule has 2 aliphatic heterocycles. The molecule has 2 rings (SSSR count). The van der Waals surface area contributed by atoms with Gasteiger partial charge in [0.15, 0.2) is 0 Å². The summed E-state index contributed by atoms with van der Waals surface area (Å²) in [4.78, 5) is 26.3. The van der Waals surface area contributed by atoms with Gasteiger partial charge in [-0.05, 0) is 30.9 Å². The number of hydrogen-bond acceptors (Lipinski definition) is 3. The Kier molecular flexibility index (Phi) is 5.75. The second kappa shape index (κ2) is 7.34. The number of carbonyl (C=O) groups excluding carboxylic acids is 2. The maximum Gasteiger partial charge on any atom is 0.245 e. The number of carbonyl (C=O) groups is 2. The molecule has 0 spiro atoms. The Morgan fingerprint density at radius 1 is 1.35 bits per heavy atom. The van der Waals surface area contributed by atoms with Crippen molar-refractivity contribution in [2.45, 2.75) is 57.2 Å². The van der Waals surface area contributed by atoms with Crippen LogP contribution in [0.2, 0.25) is 0 Å². The molecule has 0 aromatic heterocycles. The first kappa shape index (κ1) is 15.7. The molecule has 2 amide bonds. The van der Waals surface area contributed by atoms with Gasteiger partial charge < -0.3 is 10.2 Å². The molecule has 0 aromatic rings. The van der Waals surface area contributed by atoms with Crippen LogP contribution < -0.4 is 5.32 Å². The fourth-order valence-electron chi connectivity index (χ4n) is 2.90. The maximum atomic E-state index is 12.6. The molecule has 4 nitrogen and oxygen atoms in total. The lowest BCUT2D eigenvalue weighted by Crippen LogP contribution is -2.47. The summed E-state index contributed by atoms with van der Waals surface area (Å²) < 4.78 is 0. The molecular formula is C15H26N2O2S. The number of thioether (sulfide) groups is 1. The summed E-state index contributed by atoms with van der Waals surface area (Å²) in [6.45, 7) is 5.57. The van der Waals surface area contributed by atoms with E-state index in [-0.39, 0.29) is 17.9 Å². The van der Waals surface area contributed by atoms with Gasteiger partial charge in [0, 0.05) is 24.8 Å². The molecule has 114 valence electrons. The summed E-state index contributed by atoms with van der Waals surface area (Å²) in [7, 11) is 0. The van der Waals surface area contributed by atoms with E-state index in [1.165, 1.54) is 25.0 Å². The molecule has 2 unspecified atom stereocenters. The fraction of sp³-hybridized carbons (Fsp3) is 0.867. The van der Waals surface area contributed by atoms with Gasteiger partial charge in [-0.1, -0.05) is 20.3 Å². The van der Waals surface area contributed by atoms with Crippen LogP contribution in [0, 0.1) is 5.92 Å². The number of hydrogen-bond donors (Lipinski definition) is 1. The van der Waals surface area contributed by atoms with Gasteiger partial charge in [-0.25, -0.2) is 0 Å². The zero-order valence-corrected chi connectivity index (χ0v) is 13.4. The Hall–Kier alpha value is -0.710. The second-order valence-corrected chi connectivity index (χ2v) is 7.68. The first-order valence-electron chi connectivity index (χ1n) is 7.76. The summed E-state index contributed by atoms with van der Waals surface area (Å²) in [5.74, 6) is 1.76. The molecule has 2 saturated heterocycles. The Morgan fingerprint density at radius 2 is 2.15 bits per heavy atom. The quantitative estimate of drug-likeness (QED) is 0.864. The van der Waals surface area contributed by atoms with E-state index in [0.29, 0.717) is 24.1 Å². The zero-order chi connectivity index (χ0) is 14.5. The minimum Gasteiger partial charge on any atom is -0.344 e. The van der Waals surface area contributed by atoms with Crippen LogP contribution in [0.3, 0.4) is 0 Å². The molecule has 0 aliphatic carbocycles. The topological polar surface area (TPSA) is 49.4 Å². The Labute approximate surface area is 126 Å². The van der Waals surface area contributed by atoms with Crippen LogP contribution in [-0.2, 0) is 9.59 Å². The van der Waals surface area contributed by atoms with E-state index in [2.05, 4.69) is 19.2 Å². The first-order valence-corrected chi connectivity index (χ1v) is 8.81. The summed E-state index contributed by atoms with van der Waals surface area (Å²) in [6, 6.07) is -0.321. The monoisotopic (exact) mass is 298 g/mol. The third-order valence-electron chi connectivity index (χ3n) is 3.96. The van der Waals surface area contributed by atoms with Crippen LogP contribution in [0.15, 0.2) is 0 Å². The van der Waals surface area contributed by atoms with E-state index in [9.17, 15) is 9.59 Å². The molecule has 0 aromatic carbocycles. The molecule has 2 heterocycles. The number of nitrogens with zero attached hydrogens (tertiary/aromatic N) is 1. The van der Waals surface area contributed by atoms with Crippen molar-refractivity contribution in [3.05, 3.63) is 0 Å². The molecule has 5 heteroatoms. The Bertz CT molecular complexity index is 354. The van der Waals surface area contributed by atoms with Gasteiger partial charge in [-0.15, -0.1) is 0 Å². The summed E-state index contributed by atoms with van der Waals surface area (Å²) in [6.07, 6.45) is 4.94. The number of amides is 2. The zero-order valence-electron chi connectivity index (χ0n) is 12.6. The van der Waals surface area contributed by atoms with Crippen molar-refractivity contribution in [2.24, 2.45) is 5.92 Å². The molecule has 0 bridgehead atoms. The fourth-order valence-corrected chi connectivity index (χ4v) is 4.23. The third kappa shape index (κ3) is 4.40. The molecular weight excluding hydrogens is 272 g/mol. The predicted molar refractivity (Wildman–Crippen MR) is 82.7 cm³/mol. The highest BCUT2D eigenvalue weighted by atomic mass is 32.2. The predicted octanol–water partition coefficient (Wildman–Crippen LogP) is 2.04. The van der Waals surface area contributed by atoms with Gasteiger partial charge >= 0.3 is 0 Å². The highest BCUT2D eigenvalue weighted by Crippen LogP contribution is 2.26. The van der Waals surface area contributed by atoms with E-state index in [0.717, 1.165) is 13.0 Å². The van der Waals surface area contributed by atoms with Gasteiger partial charge in [0.25, 0.3) is 0 Å². The molecule has 2 fully saturated rings. The van der Waals surface area contributed by atoms with E-state index in [4.69, 9.17) is 0 Å². The highest BCUT2D eigenvalue weighted by Gasteiger charge is 2.31. The van der Waals surface area contributed by atoms with Crippen molar-refractivity contribution < 1.29 is 9.59 Å². The minimum absolute atomic E-state index is 0.0165. The van der Waals surface area contributed by atoms with Crippen molar-refractivity contribution >= 4 is 23.6 Å². The van der Waals surface area contributed by atoms with Crippen LogP contribution in [0.5, 0.6) is 0 Å². The molecule has 1 N–H and O–H groups in total. The SMILES string of the molecule is CC(C)CC1NC(=O)CCN(CC2CCCCS2)C1=O. The lowest BCUT2D eigenvalue weighted by atomic mass is 10.0. The van der Waals surface area contributed by atoms with Gasteiger partial charge in [-0.2, -0.15) is 11.8 Å². The lowest BCUT2D eigenvalue weighted by molar-refractivity contribution is -0.134. The minimum atomic E-state index is -0.321. The first-order chi connectivity index (χ1) is 9.56. The average Bonchev–Trinajstić information content (AvgIpc) is 2.53. The molecule has 2 atom stereocenters. The van der Waals surface area contributed by atoms with Gasteiger partial charge in [0.05, 0.1) is 0 Å². The summed E-state index contributed by atoms with van der Waals surface area (Å²) in [5, 5.41) is 3.45. The van der Waals surface area contributed by atoms with E-state index < -0.39 is 0 Å². The van der Waals surface area contributed by atoms with Gasteiger partial charge in [0.2, 0.25) is 11.8 Å². The summed E-state index contributed by atoms with van der Waals surface area (Å²) in [5.41, 5.74) is 0. The van der Waals surface area contributed by atoms with Crippen molar-refractivity contribution in [1.82, 2.24) is 10.2 Å². The van der Waals surface area contributed by atoms with Gasteiger partial charge in [-0.3, -0.25) is 9.59 Å². The number of nitrogens with one attached hydrogen (secondary N) is 1. The van der Waals surface area contributed by atoms with Crippen molar-refractivity contribution in [3.63, 3.8) is 0 Å². The maximum absolute atomic E-state index is 12.6. The molecule has 0 saturated carbocycles. The Balaban J connectivity index is 1.98. The highest BCUT2D eigenvalue weighted by molar-refractivity contribution is 7.99. The van der Waals surface area contributed by atoms with Crippen LogP contribution in [0.1, 0.15) is 46.0 Å². The van der Waals surface area contributed by atoms with Gasteiger partial charge in [0.1, 0.15) is 6.04 Å². The Morgan fingerprint density at radius 3 is 2.80 bits per heavy atom. The lowest BCUT2D eigenvalue weighted by Gasteiger charge is -2.30. The van der Waals surface area contributed by atoms with Crippen LogP contribution in [0.25, 0.3) is 0 Å². The second-order valence-electron chi connectivity index (χ2n) is 6.27. The standard InChI is InChI=1S/C15H26N2O2S/c1-11(2)9-13-15(19)17(7-6-14(18)16-13)10-12-5-3-4-8-20-12/h11-13H,3-10H2,1-2H3,(H,16,18). The van der Waals surface area contributed by atoms with Crippen molar-refractivity contribution in [2.75, 3.05) is 18.8 Å². The van der Waals surface area contributed by atoms with Crippen molar-refractivity contribution in [1.29, 1.82) is 0 Å². The molecule has 0 radical (unpaired) electrons. The number of rotatable bonds is 4. The average molecular weight is 298 g/mol.